The van der Waals surface area contributed by atoms with Crippen LogP contribution in [0.25, 0.3) is 0 Å². The number of halogens is 1. The zero-order chi connectivity index (χ0) is 15.7. The standard InChI is InChI=1S/C15H22ClNO4/c1-3-5-6-19-7-8-21-14-12(15(18)20-4-2)9-11(17)10-13(14)16/h9-10H,3-8,17H2,1-2H3. The van der Waals surface area contributed by atoms with E-state index in [1.165, 1.54) is 12.1 Å². The predicted molar refractivity (Wildman–Crippen MR) is 83.0 cm³/mol. The van der Waals surface area contributed by atoms with Crippen molar-refractivity contribution in [2.24, 2.45) is 0 Å². The third kappa shape index (κ3) is 5.81. The molecule has 2 N–H and O–H groups in total. The highest BCUT2D eigenvalue weighted by Gasteiger charge is 2.18. The number of nitrogens with two attached hydrogens (primary N) is 1. The first kappa shape index (κ1) is 17.6. The number of benzene rings is 1. The molecule has 0 aliphatic carbocycles. The minimum atomic E-state index is -0.506. The summed E-state index contributed by atoms with van der Waals surface area (Å²) in [6, 6.07) is 3.04. The highest BCUT2D eigenvalue weighted by molar-refractivity contribution is 6.33. The first-order valence-electron chi connectivity index (χ1n) is 7.06. The van der Waals surface area contributed by atoms with Crippen LogP contribution >= 0.6 is 11.6 Å². The van der Waals surface area contributed by atoms with Gasteiger partial charge >= 0.3 is 5.97 Å². The van der Waals surface area contributed by atoms with E-state index in [2.05, 4.69) is 6.92 Å². The monoisotopic (exact) mass is 315 g/mol. The minimum Gasteiger partial charge on any atom is -0.489 e. The molecule has 0 aliphatic heterocycles. The van der Waals surface area contributed by atoms with Gasteiger partial charge in [0.15, 0.2) is 5.75 Å². The van der Waals surface area contributed by atoms with Gasteiger partial charge in [-0.2, -0.15) is 0 Å². The summed E-state index contributed by atoms with van der Waals surface area (Å²) in [5.41, 5.74) is 6.32. The van der Waals surface area contributed by atoms with E-state index in [-0.39, 0.29) is 22.9 Å². The highest BCUT2D eigenvalue weighted by Crippen LogP contribution is 2.32. The maximum absolute atomic E-state index is 11.9. The Morgan fingerprint density at radius 3 is 2.67 bits per heavy atom. The summed E-state index contributed by atoms with van der Waals surface area (Å²) < 4.78 is 15.9. The molecule has 0 radical (unpaired) electrons. The van der Waals surface area contributed by atoms with Gasteiger partial charge in [-0.05, 0) is 25.5 Å². The fourth-order valence-corrected chi connectivity index (χ4v) is 1.96. The average molecular weight is 316 g/mol. The maximum Gasteiger partial charge on any atom is 0.342 e. The summed E-state index contributed by atoms with van der Waals surface area (Å²) in [4.78, 5) is 11.9. The van der Waals surface area contributed by atoms with Crippen LogP contribution in [0.1, 0.15) is 37.0 Å². The van der Waals surface area contributed by atoms with Gasteiger partial charge in [0.2, 0.25) is 0 Å². The Morgan fingerprint density at radius 1 is 1.24 bits per heavy atom. The first-order valence-corrected chi connectivity index (χ1v) is 7.44. The van der Waals surface area contributed by atoms with Crippen molar-refractivity contribution in [1.82, 2.24) is 0 Å². The second-order valence-electron chi connectivity index (χ2n) is 4.41. The number of carbonyl (C=O) groups is 1. The van der Waals surface area contributed by atoms with Crippen molar-refractivity contribution in [1.29, 1.82) is 0 Å². The maximum atomic E-state index is 11.9. The second kappa shape index (κ2) is 9.47. The molecule has 0 saturated heterocycles. The van der Waals surface area contributed by atoms with Gasteiger partial charge in [-0.15, -0.1) is 0 Å². The van der Waals surface area contributed by atoms with Crippen molar-refractivity contribution in [3.8, 4) is 5.75 Å². The third-order valence-electron chi connectivity index (χ3n) is 2.68. The van der Waals surface area contributed by atoms with Gasteiger partial charge in [-0.3, -0.25) is 0 Å². The molecule has 0 aromatic heterocycles. The molecule has 0 amide bonds. The topological polar surface area (TPSA) is 70.8 Å². The summed E-state index contributed by atoms with van der Waals surface area (Å²) >= 11 is 6.09. The van der Waals surface area contributed by atoms with Crippen molar-refractivity contribution < 1.29 is 19.0 Å². The number of hydrogen-bond acceptors (Lipinski definition) is 5. The van der Waals surface area contributed by atoms with Gasteiger partial charge in [-0.25, -0.2) is 4.79 Å². The molecule has 0 saturated carbocycles. The first-order chi connectivity index (χ1) is 10.1. The van der Waals surface area contributed by atoms with Gasteiger partial charge < -0.3 is 19.9 Å². The number of anilines is 1. The van der Waals surface area contributed by atoms with E-state index >= 15 is 0 Å². The number of carbonyl (C=O) groups excluding carboxylic acids is 1. The summed E-state index contributed by atoms with van der Waals surface area (Å²) in [6.07, 6.45) is 2.09. The zero-order valence-corrected chi connectivity index (χ0v) is 13.2. The fourth-order valence-electron chi connectivity index (χ4n) is 1.67. The van der Waals surface area contributed by atoms with Crippen molar-refractivity contribution >= 4 is 23.3 Å². The lowest BCUT2D eigenvalue weighted by Crippen LogP contribution is -2.12. The number of hydrogen-bond donors (Lipinski definition) is 1. The lowest BCUT2D eigenvalue weighted by molar-refractivity contribution is 0.0517. The zero-order valence-electron chi connectivity index (χ0n) is 12.5. The molecule has 0 unspecified atom stereocenters. The van der Waals surface area contributed by atoms with Gasteiger partial charge in [0.1, 0.15) is 12.2 Å². The Bertz CT molecular complexity index is 465. The highest BCUT2D eigenvalue weighted by atomic mass is 35.5. The molecular weight excluding hydrogens is 294 g/mol. The van der Waals surface area contributed by atoms with Gasteiger partial charge in [0.05, 0.1) is 18.2 Å². The van der Waals surface area contributed by atoms with E-state index < -0.39 is 5.97 Å². The van der Waals surface area contributed by atoms with E-state index in [4.69, 9.17) is 31.5 Å². The number of unbranched alkanes of at least 4 members (excludes halogenated alkanes) is 1. The van der Waals surface area contributed by atoms with Crippen LogP contribution in [0.3, 0.4) is 0 Å². The van der Waals surface area contributed by atoms with Crippen LogP contribution in [0.4, 0.5) is 5.69 Å². The molecule has 1 aromatic carbocycles. The SMILES string of the molecule is CCCCOCCOc1c(Cl)cc(N)cc1C(=O)OCC. The van der Waals surface area contributed by atoms with Crippen LogP contribution in [0.15, 0.2) is 12.1 Å². The molecule has 118 valence electrons. The molecule has 0 spiro atoms. The number of esters is 1. The fraction of sp³-hybridized carbons (Fsp3) is 0.533. The van der Waals surface area contributed by atoms with Crippen molar-refractivity contribution in [3.05, 3.63) is 22.7 Å². The average Bonchev–Trinajstić information content (AvgIpc) is 2.44. The molecule has 0 fully saturated rings. The molecule has 6 heteroatoms. The van der Waals surface area contributed by atoms with Crippen LogP contribution in [-0.2, 0) is 9.47 Å². The van der Waals surface area contributed by atoms with Crippen molar-refractivity contribution in [2.45, 2.75) is 26.7 Å². The molecule has 5 nitrogen and oxygen atoms in total. The lowest BCUT2D eigenvalue weighted by atomic mass is 10.2. The quantitative estimate of drug-likeness (QED) is 0.430. The minimum absolute atomic E-state index is 0.232. The molecule has 0 aliphatic rings. The lowest BCUT2D eigenvalue weighted by Gasteiger charge is -2.13. The summed E-state index contributed by atoms with van der Waals surface area (Å²) in [5, 5.41) is 0.284. The second-order valence-corrected chi connectivity index (χ2v) is 4.82. The molecule has 1 aromatic rings. The van der Waals surface area contributed by atoms with Gasteiger partial charge in [0, 0.05) is 12.3 Å². The largest absolute Gasteiger partial charge is 0.489 e. The van der Waals surface area contributed by atoms with E-state index in [1.807, 2.05) is 0 Å². The Kier molecular flexibility index (Phi) is 7.93. The molecule has 21 heavy (non-hydrogen) atoms. The number of rotatable bonds is 9. The van der Waals surface area contributed by atoms with Gasteiger partial charge in [-0.1, -0.05) is 24.9 Å². The van der Waals surface area contributed by atoms with E-state index in [1.54, 1.807) is 6.92 Å². The summed E-state index contributed by atoms with van der Waals surface area (Å²) in [7, 11) is 0. The Balaban J connectivity index is 2.69. The summed E-state index contributed by atoms with van der Waals surface area (Å²) in [6.45, 7) is 5.53. The van der Waals surface area contributed by atoms with Crippen LogP contribution < -0.4 is 10.5 Å². The predicted octanol–water partition coefficient (Wildman–Crippen LogP) is 3.29. The smallest absolute Gasteiger partial charge is 0.342 e. The summed E-state index contributed by atoms with van der Waals surface area (Å²) in [5.74, 6) is -0.225. The van der Waals surface area contributed by atoms with Gasteiger partial charge in [0.25, 0.3) is 0 Å². The van der Waals surface area contributed by atoms with Crippen LogP contribution in [0.2, 0.25) is 5.02 Å². The Morgan fingerprint density at radius 2 is 2.00 bits per heavy atom. The molecule has 0 bridgehead atoms. The van der Waals surface area contributed by atoms with Crippen LogP contribution in [0.5, 0.6) is 5.75 Å². The molecular formula is C15H22ClNO4. The van der Waals surface area contributed by atoms with E-state index in [0.29, 0.717) is 25.5 Å². The Hall–Kier alpha value is -1.46. The number of nitrogen functional groups attached to an aromatic ring is 1. The van der Waals surface area contributed by atoms with Crippen LogP contribution in [-0.4, -0.2) is 32.4 Å². The third-order valence-corrected chi connectivity index (χ3v) is 2.96. The van der Waals surface area contributed by atoms with Crippen molar-refractivity contribution in [2.75, 3.05) is 32.2 Å². The Labute approximate surface area is 130 Å². The molecule has 0 heterocycles. The van der Waals surface area contributed by atoms with Crippen LogP contribution in [0, 0.1) is 0 Å². The van der Waals surface area contributed by atoms with Crippen molar-refractivity contribution in [3.63, 3.8) is 0 Å². The molecule has 0 atom stereocenters. The van der Waals surface area contributed by atoms with E-state index in [9.17, 15) is 4.79 Å². The molecule has 1 rings (SSSR count). The number of ether oxygens (including phenoxy) is 3. The van der Waals surface area contributed by atoms with E-state index in [0.717, 1.165) is 12.8 Å². The normalized spacial score (nSPS) is 10.4.